The normalized spacial score (nSPS) is 17.1. The minimum Gasteiger partial charge on any atom is -0.381 e. The molecule has 1 aromatic rings. The van der Waals surface area contributed by atoms with Crippen LogP contribution in [0.25, 0.3) is 0 Å². The topological polar surface area (TPSA) is 12.5 Å². The first kappa shape index (κ1) is 13.0. The largest absolute Gasteiger partial charge is 0.381 e. The molecule has 1 heterocycles. The van der Waals surface area contributed by atoms with E-state index < -0.39 is 0 Å². The molecule has 2 nitrogen and oxygen atoms in total. The number of hydrogen-bond donors (Lipinski definition) is 0. The van der Waals surface area contributed by atoms with Crippen LogP contribution >= 0.6 is 23.2 Å². The van der Waals surface area contributed by atoms with E-state index in [1.807, 2.05) is 18.2 Å². The van der Waals surface area contributed by atoms with E-state index in [-0.39, 0.29) is 0 Å². The second-order valence-electron chi connectivity index (χ2n) is 4.36. The van der Waals surface area contributed by atoms with Crippen LogP contribution in [0, 0.1) is 0 Å². The highest BCUT2D eigenvalue weighted by Gasteiger charge is 2.20. The Kier molecular flexibility index (Phi) is 4.55. The molecule has 17 heavy (non-hydrogen) atoms. The van der Waals surface area contributed by atoms with E-state index in [0.717, 1.165) is 42.3 Å². The highest BCUT2D eigenvalue weighted by Crippen LogP contribution is 2.29. The molecule has 0 aromatic heterocycles. The SMILES string of the molecule is CN(c1cc(Cl)ccc1CCl)C1CCOCC1. The molecule has 0 radical (unpaired) electrons. The van der Waals surface area contributed by atoms with Crippen molar-refractivity contribution in [1.82, 2.24) is 0 Å². The predicted octanol–water partition coefficient (Wildman–Crippen LogP) is 3.69. The summed E-state index contributed by atoms with van der Waals surface area (Å²) in [7, 11) is 2.11. The molecule has 1 fully saturated rings. The second-order valence-corrected chi connectivity index (χ2v) is 5.06. The first-order valence-corrected chi connectivity index (χ1v) is 6.78. The zero-order chi connectivity index (χ0) is 12.3. The van der Waals surface area contributed by atoms with Crippen LogP contribution in [-0.4, -0.2) is 26.3 Å². The van der Waals surface area contributed by atoms with Gasteiger partial charge < -0.3 is 9.64 Å². The number of rotatable bonds is 3. The Hall–Kier alpha value is -0.440. The van der Waals surface area contributed by atoms with Crippen LogP contribution in [0.1, 0.15) is 18.4 Å². The molecular weight excluding hydrogens is 257 g/mol. The predicted molar refractivity (Wildman–Crippen MR) is 73.3 cm³/mol. The summed E-state index contributed by atoms with van der Waals surface area (Å²) in [4.78, 5) is 2.28. The van der Waals surface area contributed by atoms with Crippen molar-refractivity contribution in [1.29, 1.82) is 0 Å². The van der Waals surface area contributed by atoms with E-state index in [4.69, 9.17) is 27.9 Å². The van der Waals surface area contributed by atoms with Gasteiger partial charge in [0.2, 0.25) is 0 Å². The molecule has 0 atom stereocenters. The van der Waals surface area contributed by atoms with Gasteiger partial charge in [-0.05, 0) is 30.5 Å². The fourth-order valence-corrected chi connectivity index (χ4v) is 2.64. The average Bonchev–Trinajstić information content (AvgIpc) is 2.39. The summed E-state index contributed by atoms with van der Waals surface area (Å²) < 4.78 is 5.39. The minimum atomic E-state index is 0.514. The van der Waals surface area contributed by atoms with Gasteiger partial charge in [0.25, 0.3) is 0 Å². The van der Waals surface area contributed by atoms with E-state index in [1.165, 1.54) is 0 Å². The summed E-state index contributed by atoms with van der Waals surface area (Å²) in [6.07, 6.45) is 2.12. The molecule has 0 unspecified atom stereocenters. The molecule has 0 amide bonds. The maximum Gasteiger partial charge on any atom is 0.0494 e. The number of alkyl halides is 1. The molecule has 4 heteroatoms. The fourth-order valence-electron chi connectivity index (χ4n) is 2.25. The van der Waals surface area contributed by atoms with Crippen LogP contribution in [0.15, 0.2) is 18.2 Å². The van der Waals surface area contributed by atoms with Gasteiger partial charge >= 0.3 is 0 Å². The summed E-state index contributed by atoms with van der Waals surface area (Å²) in [6.45, 7) is 1.68. The number of anilines is 1. The monoisotopic (exact) mass is 273 g/mol. The Morgan fingerprint density at radius 1 is 1.35 bits per heavy atom. The van der Waals surface area contributed by atoms with Crippen LogP contribution in [-0.2, 0) is 10.6 Å². The van der Waals surface area contributed by atoms with Crippen molar-refractivity contribution in [3.63, 3.8) is 0 Å². The van der Waals surface area contributed by atoms with Crippen molar-refractivity contribution >= 4 is 28.9 Å². The maximum absolute atomic E-state index is 6.06. The Bertz CT molecular complexity index is 378. The van der Waals surface area contributed by atoms with Gasteiger partial charge in [-0.3, -0.25) is 0 Å². The van der Waals surface area contributed by atoms with Gasteiger partial charge in [-0.15, -0.1) is 11.6 Å². The third-order valence-corrected chi connectivity index (χ3v) is 3.83. The van der Waals surface area contributed by atoms with Gasteiger partial charge in [-0.2, -0.15) is 0 Å². The molecule has 94 valence electrons. The lowest BCUT2D eigenvalue weighted by Crippen LogP contribution is -2.37. The van der Waals surface area contributed by atoms with Gasteiger partial charge in [-0.25, -0.2) is 0 Å². The molecule has 0 saturated carbocycles. The van der Waals surface area contributed by atoms with Crippen molar-refractivity contribution in [2.24, 2.45) is 0 Å². The summed E-state index contributed by atoms with van der Waals surface area (Å²) in [5, 5.41) is 0.757. The number of ether oxygens (including phenoxy) is 1. The van der Waals surface area contributed by atoms with Gasteiger partial charge in [-0.1, -0.05) is 17.7 Å². The minimum absolute atomic E-state index is 0.514. The summed E-state index contributed by atoms with van der Waals surface area (Å²) in [6, 6.07) is 6.40. The number of halogens is 2. The Balaban J connectivity index is 2.21. The zero-order valence-corrected chi connectivity index (χ0v) is 11.5. The lowest BCUT2D eigenvalue weighted by molar-refractivity contribution is 0.0854. The van der Waals surface area contributed by atoms with Crippen molar-refractivity contribution in [2.45, 2.75) is 24.8 Å². The molecule has 0 bridgehead atoms. The smallest absolute Gasteiger partial charge is 0.0494 e. The third kappa shape index (κ3) is 3.06. The van der Waals surface area contributed by atoms with Crippen LogP contribution in [0.2, 0.25) is 5.02 Å². The highest BCUT2D eigenvalue weighted by atomic mass is 35.5. The van der Waals surface area contributed by atoms with E-state index >= 15 is 0 Å². The number of hydrogen-bond acceptors (Lipinski definition) is 2. The van der Waals surface area contributed by atoms with Crippen molar-refractivity contribution in [3.8, 4) is 0 Å². The second kappa shape index (κ2) is 5.94. The van der Waals surface area contributed by atoms with E-state index in [2.05, 4.69) is 11.9 Å². The van der Waals surface area contributed by atoms with Crippen LogP contribution < -0.4 is 4.90 Å². The van der Waals surface area contributed by atoms with Crippen LogP contribution in [0.4, 0.5) is 5.69 Å². The molecule has 1 aliphatic rings. The van der Waals surface area contributed by atoms with Gasteiger partial charge in [0.05, 0.1) is 0 Å². The lowest BCUT2D eigenvalue weighted by Gasteiger charge is -2.34. The lowest BCUT2D eigenvalue weighted by atomic mass is 10.1. The van der Waals surface area contributed by atoms with E-state index in [1.54, 1.807) is 0 Å². The summed E-state index contributed by atoms with van der Waals surface area (Å²) in [5.74, 6) is 0.514. The van der Waals surface area contributed by atoms with Crippen LogP contribution in [0.5, 0.6) is 0 Å². The molecular formula is C13H17Cl2NO. The molecule has 1 saturated heterocycles. The quantitative estimate of drug-likeness (QED) is 0.779. The number of benzene rings is 1. The average molecular weight is 274 g/mol. The van der Waals surface area contributed by atoms with E-state index in [0.29, 0.717) is 11.9 Å². The molecule has 1 aromatic carbocycles. The van der Waals surface area contributed by atoms with Gasteiger partial charge in [0.1, 0.15) is 0 Å². The highest BCUT2D eigenvalue weighted by molar-refractivity contribution is 6.31. The summed E-state index contributed by atoms with van der Waals surface area (Å²) >= 11 is 12.0. The van der Waals surface area contributed by atoms with Gasteiger partial charge in [0.15, 0.2) is 0 Å². The summed E-state index contributed by atoms with van der Waals surface area (Å²) in [5.41, 5.74) is 2.27. The fraction of sp³-hybridized carbons (Fsp3) is 0.538. The number of nitrogens with zero attached hydrogens (tertiary/aromatic N) is 1. The van der Waals surface area contributed by atoms with Crippen molar-refractivity contribution in [3.05, 3.63) is 28.8 Å². The van der Waals surface area contributed by atoms with Gasteiger partial charge in [0, 0.05) is 42.9 Å². The molecule has 2 rings (SSSR count). The van der Waals surface area contributed by atoms with Crippen molar-refractivity contribution < 1.29 is 4.74 Å². The molecule has 1 aliphatic heterocycles. The first-order chi connectivity index (χ1) is 8.22. The third-order valence-electron chi connectivity index (χ3n) is 3.31. The van der Waals surface area contributed by atoms with Crippen molar-refractivity contribution in [2.75, 3.05) is 25.2 Å². The maximum atomic E-state index is 6.06. The standard InChI is InChI=1S/C13H17Cl2NO/c1-16(12-4-6-17-7-5-12)13-8-11(15)3-2-10(13)9-14/h2-3,8,12H,4-7,9H2,1H3. The van der Waals surface area contributed by atoms with Crippen LogP contribution in [0.3, 0.4) is 0 Å². The molecule has 0 spiro atoms. The molecule has 0 N–H and O–H groups in total. The van der Waals surface area contributed by atoms with E-state index in [9.17, 15) is 0 Å². The Labute approximate surface area is 112 Å². The Morgan fingerprint density at radius 3 is 2.71 bits per heavy atom. The molecule has 0 aliphatic carbocycles. The zero-order valence-electron chi connectivity index (χ0n) is 9.96. The first-order valence-electron chi connectivity index (χ1n) is 5.87. The Morgan fingerprint density at radius 2 is 2.06 bits per heavy atom.